The Balaban J connectivity index is 1.60. The smallest absolute Gasteiger partial charge is 0.220 e. The fraction of sp³-hybridized carbons (Fsp3) is 0.923. The second-order valence-corrected chi connectivity index (χ2v) is 5.30. The second kappa shape index (κ2) is 6.36. The van der Waals surface area contributed by atoms with Gasteiger partial charge in [-0.25, -0.2) is 0 Å². The van der Waals surface area contributed by atoms with E-state index < -0.39 is 0 Å². The lowest BCUT2D eigenvalue weighted by Crippen LogP contribution is -2.45. The number of piperidine rings is 1. The summed E-state index contributed by atoms with van der Waals surface area (Å²) >= 11 is 0. The normalized spacial score (nSPS) is 33.6. The van der Waals surface area contributed by atoms with Crippen LogP contribution in [0.1, 0.15) is 45.4 Å². The zero-order valence-electron chi connectivity index (χ0n) is 10.7. The Hall–Kier alpha value is -0.610. The van der Waals surface area contributed by atoms with Crippen molar-refractivity contribution in [3.63, 3.8) is 0 Å². The maximum Gasteiger partial charge on any atom is 0.220 e. The zero-order chi connectivity index (χ0) is 12.1. The van der Waals surface area contributed by atoms with Gasteiger partial charge >= 0.3 is 0 Å². The van der Waals surface area contributed by atoms with Gasteiger partial charge < -0.3 is 15.4 Å². The van der Waals surface area contributed by atoms with Crippen LogP contribution >= 0.6 is 0 Å². The molecule has 2 aliphatic rings. The predicted molar refractivity (Wildman–Crippen MR) is 66.8 cm³/mol. The van der Waals surface area contributed by atoms with Crippen molar-refractivity contribution >= 4 is 5.91 Å². The largest absolute Gasteiger partial charge is 0.375 e. The molecule has 0 spiro atoms. The van der Waals surface area contributed by atoms with Gasteiger partial charge in [-0.3, -0.25) is 4.79 Å². The van der Waals surface area contributed by atoms with Crippen molar-refractivity contribution in [2.75, 3.05) is 13.1 Å². The minimum absolute atomic E-state index is 0.182. The summed E-state index contributed by atoms with van der Waals surface area (Å²) in [7, 11) is 0. The minimum atomic E-state index is 0.182. The molecule has 2 aliphatic heterocycles. The Morgan fingerprint density at radius 1 is 1.41 bits per heavy atom. The third-order valence-electron chi connectivity index (χ3n) is 3.68. The number of carbonyl (C=O) groups excluding carboxylic acids is 1. The van der Waals surface area contributed by atoms with Gasteiger partial charge in [-0.15, -0.1) is 0 Å². The first-order chi connectivity index (χ1) is 8.24. The van der Waals surface area contributed by atoms with Crippen molar-refractivity contribution in [3.8, 4) is 0 Å². The molecular formula is C13H24N2O2. The van der Waals surface area contributed by atoms with Gasteiger partial charge in [0.25, 0.3) is 0 Å². The molecule has 0 aromatic heterocycles. The van der Waals surface area contributed by atoms with Crippen LogP contribution in [0.2, 0.25) is 0 Å². The van der Waals surface area contributed by atoms with E-state index in [1.807, 2.05) is 0 Å². The summed E-state index contributed by atoms with van der Waals surface area (Å²) in [4.78, 5) is 11.8. The molecule has 17 heavy (non-hydrogen) atoms. The molecule has 4 heteroatoms. The SMILES string of the molecule is CC1CCC(CCC(=O)N[C@H]2CCCNC2)O1. The Kier molecular flexibility index (Phi) is 4.80. The van der Waals surface area contributed by atoms with Crippen molar-refractivity contribution in [2.45, 2.75) is 63.7 Å². The molecular weight excluding hydrogens is 216 g/mol. The summed E-state index contributed by atoms with van der Waals surface area (Å²) in [5, 5.41) is 6.40. The molecule has 0 radical (unpaired) electrons. The highest BCUT2D eigenvalue weighted by molar-refractivity contribution is 5.76. The van der Waals surface area contributed by atoms with Gasteiger partial charge in [0, 0.05) is 19.0 Å². The molecule has 4 nitrogen and oxygen atoms in total. The topological polar surface area (TPSA) is 50.4 Å². The number of hydrogen-bond acceptors (Lipinski definition) is 3. The molecule has 2 heterocycles. The first-order valence-corrected chi connectivity index (χ1v) is 6.89. The first kappa shape index (κ1) is 12.8. The highest BCUT2D eigenvalue weighted by Gasteiger charge is 2.23. The van der Waals surface area contributed by atoms with Gasteiger partial charge in [0.05, 0.1) is 12.2 Å². The van der Waals surface area contributed by atoms with Gasteiger partial charge in [0.2, 0.25) is 5.91 Å². The summed E-state index contributed by atoms with van der Waals surface area (Å²) in [5.41, 5.74) is 0. The second-order valence-electron chi connectivity index (χ2n) is 5.30. The van der Waals surface area contributed by atoms with Gasteiger partial charge in [0.1, 0.15) is 0 Å². The minimum Gasteiger partial charge on any atom is -0.375 e. The van der Waals surface area contributed by atoms with E-state index in [1.165, 1.54) is 0 Å². The number of carbonyl (C=O) groups is 1. The summed E-state index contributed by atoms with van der Waals surface area (Å²) in [6, 6.07) is 0.333. The van der Waals surface area contributed by atoms with E-state index in [1.54, 1.807) is 0 Å². The zero-order valence-corrected chi connectivity index (χ0v) is 10.7. The van der Waals surface area contributed by atoms with E-state index in [2.05, 4.69) is 17.6 Å². The van der Waals surface area contributed by atoms with Crippen molar-refractivity contribution in [1.29, 1.82) is 0 Å². The number of ether oxygens (including phenoxy) is 1. The number of amides is 1. The lowest BCUT2D eigenvalue weighted by atomic mass is 10.1. The molecule has 0 aliphatic carbocycles. The van der Waals surface area contributed by atoms with Gasteiger partial charge in [-0.2, -0.15) is 0 Å². The van der Waals surface area contributed by atoms with E-state index in [-0.39, 0.29) is 5.91 Å². The van der Waals surface area contributed by atoms with E-state index in [0.717, 1.165) is 45.2 Å². The third-order valence-corrected chi connectivity index (χ3v) is 3.68. The molecule has 2 rings (SSSR count). The van der Waals surface area contributed by atoms with Crippen molar-refractivity contribution in [1.82, 2.24) is 10.6 Å². The van der Waals surface area contributed by atoms with Crippen molar-refractivity contribution < 1.29 is 9.53 Å². The van der Waals surface area contributed by atoms with E-state index in [4.69, 9.17) is 4.74 Å². The quantitative estimate of drug-likeness (QED) is 0.776. The molecule has 98 valence electrons. The summed E-state index contributed by atoms with van der Waals surface area (Å²) in [5.74, 6) is 0.182. The van der Waals surface area contributed by atoms with Crippen LogP contribution in [0.4, 0.5) is 0 Å². The van der Waals surface area contributed by atoms with Crippen LogP contribution in [0, 0.1) is 0 Å². The number of hydrogen-bond donors (Lipinski definition) is 2. The molecule has 2 unspecified atom stereocenters. The van der Waals surface area contributed by atoms with Gasteiger partial charge in [0.15, 0.2) is 0 Å². The maximum atomic E-state index is 11.8. The molecule has 0 bridgehead atoms. The maximum absolute atomic E-state index is 11.8. The molecule has 2 fully saturated rings. The molecule has 0 aromatic carbocycles. The average molecular weight is 240 g/mol. The Labute approximate surface area is 103 Å². The number of nitrogens with one attached hydrogen (secondary N) is 2. The Morgan fingerprint density at radius 2 is 2.29 bits per heavy atom. The third kappa shape index (κ3) is 4.28. The van der Waals surface area contributed by atoms with Crippen LogP contribution in [0.3, 0.4) is 0 Å². The van der Waals surface area contributed by atoms with Crippen LogP contribution in [0.25, 0.3) is 0 Å². The molecule has 3 atom stereocenters. The summed E-state index contributed by atoms with van der Waals surface area (Å²) in [6.45, 7) is 4.11. The summed E-state index contributed by atoms with van der Waals surface area (Å²) in [6.07, 6.45) is 6.68. The fourth-order valence-corrected chi connectivity index (χ4v) is 2.66. The lowest BCUT2D eigenvalue weighted by molar-refractivity contribution is -0.122. The highest BCUT2D eigenvalue weighted by Crippen LogP contribution is 2.22. The first-order valence-electron chi connectivity index (χ1n) is 6.89. The molecule has 0 saturated carbocycles. The molecule has 1 amide bonds. The average Bonchev–Trinajstić information content (AvgIpc) is 2.74. The van der Waals surface area contributed by atoms with E-state index >= 15 is 0 Å². The van der Waals surface area contributed by atoms with E-state index in [0.29, 0.717) is 24.7 Å². The van der Waals surface area contributed by atoms with E-state index in [9.17, 15) is 4.79 Å². The Bertz CT molecular complexity index is 252. The lowest BCUT2D eigenvalue weighted by Gasteiger charge is -2.24. The molecule has 0 aromatic rings. The van der Waals surface area contributed by atoms with Crippen molar-refractivity contribution in [2.24, 2.45) is 0 Å². The monoisotopic (exact) mass is 240 g/mol. The predicted octanol–water partition coefficient (Wildman–Crippen LogP) is 1.20. The Morgan fingerprint density at radius 3 is 2.94 bits per heavy atom. The van der Waals surface area contributed by atoms with Crippen LogP contribution < -0.4 is 10.6 Å². The van der Waals surface area contributed by atoms with Crippen LogP contribution in [0.15, 0.2) is 0 Å². The van der Waals surface area contributed by atoms with Gasteiger partial charge in [-0.1, -0.05) is 0 Å². The molecule has 2 N–H and O–H groups in total. The van der Waals surface area contributed by atoms with Crippen LogP contribution in [-0.2, 0) is 9.53 Å². The standard InChI is InChI=1S/C13H24N2O2/c1-10-4-5-12(17-10)6-7-13(16)15-11-3-2-8-14-9-11/h10-12,14H,2-9H2,1H3,(H,15,16)/t10?,11-,12?/m0/s1. The fourth-order valence-electron chi connectivity index (χ4n) is 2.66. The number of rotatable bonds is 4. The van der Waals surface area contributed by atoms with Crippen LogP contribution in [0.5, 0.6) is 0 Å². The van der Waals surface area contributed by atoms with Gasteiger partial charge in [-0.05, 0) is 45.6 Å². The highest BCUT2D eigenvalue weighted by atomic mass is 16.5. The molecule has 2 saturated heterocycles. The van der Waals surface area contributed by atoms with Crippen LogP contribution in [-0.4, -0.2) is 37.2 Å². The van der Waals surface area contributed by atoms with Crippen molar-refractivity contribution in [3.05, 3.63) is 0 Å². The summed E-state index contributed by atoms with van der Waals surface area (Å²) < 4.78 is 5.71.